The smallest absolute Gasteiger partial charge is 0.113 e. The van der Waals surface area contributed by atoms with E-state index in [-0.39, 0.29) is 23.6 Å². The standard InChI is InChI=1S/C26H32N2OP.BrH/c29-22-20-27-16-18-28(19-17-27)21-23-30(24-10-4-1-5-11-24,25-12-6-2-7-13-25)26-14-8-3-9-15-26;/h1-15,29H,16-23H2;1H/q+1;/p-1. The molecule has 1 fully saturated rings. The van der Waals surface area contributed by atoms with E-state index in [1.165, 1.54) is 15.9 Å². The summed E-state index contributed by atoms with van der Waals surface area (Å²) in [6, 6.07) is 33.4. The highest BCUT2D eigenvalue weighted by Gasteiger charge is 2.45. The van der Waals surface area contributed by atoms with Crippen molar-refractivity contribution < 1.29 is 22.1 Å². The van der Waals surface area contributed by atoms with Gasteiger partial charge in [0.2, 0.25) is 0 Å². The van der Waals surface area contributed by atoms with Crippen molar-refractivity contribution in [1.82, 2.24) is 9.80 Å². The molecule has 1 aliphatic rings. The van der Waals surface area contributed by atoms with Gasteiger partial charge in [-0.1, -0.05) is 54.6 Å². The number of hydrogen-bond donors (Lipinski definition) is 1. The maximum atomic E-state index is 9.22. The quantitative estimate of drug-likeness (QED) is 0.428. The molecule has 1 heterocycles. The highest BCUT2D eigenvalue weighted by molar-refractivity contribution is 7.95. The molecule has 31 heavy (non-hydrogen) atoms. The summed E-state index contributed by atoms with van der Waals surface area (Å²) in [6.45, 7) is 6.41. The van der Waals surface area contributed by atoms with Gasteiger partial charge in [-0.3, -0.25) is 9.80 Å². The van der Waals surface area contributed by atoms with Crippen molar-refractivity contribution in [3.8, 4) is 0 Å². The first-order valence-electron chi connectivity index (χ1n) is 10.9. The summed E-state index contributed by atoms with van der Waals surface area (Å²) in [5, 5.41) is 13.6. The maximum absolute atomic E-state index is 9.22. The van der Waals surface area contributed by atoms with Crippen molar-refractivity contribution in [3.05, 3.63) is 91.0 Å². The molecular weight excluding hydrogens is 467 g/mol. The Morgan fingerprint density at radius 1 is 0.581 bits per heavy atom. The Balaban J connectivity index is 0.00000272. The number of rotatable bonds is 8. The first-order chi connectivity index (χ1) is 14.8. The summed E-state index contributed by atoms with van der Waals surface area (Å²) < 4.78 is 0. The van der Waals surface area contributed by atoms with E-state index < -0.39 is 7.26 Å². The van der Waals surface area contributed by atoms with Gasteiger partial charge in [0, 0.05) is 39.3 Å². The van der Waals surface area contributed by atoms with Crippen LogP contribution in [0.2, 0.25) is 0 Å². The first-order valence-corrected chi connectivity index (χ1v) is 12.9. The predicted molar refractivity (Wildman–Crippen MR) is 130 cm³/mol. The van der Waals surface area contributed by atoms with Gasteiger partial charge in [-0.15, -0.1) is 0 Å². The number of nitrogens with zero attached hydrogens (tertiary/aromatic N) is 2. The molecular formula is C26H32BrN2OP. The van der Waals surface area contributed by atoms with Crippen molar-refractivity contribution in [2.24, 2.45) is 0 Å². The van der Waals surface area contributed by atoms with Crippen LogP contribution in [0, 0.1) is 0 Å². The second kappa shape index (κ2) is 11.9. The number of aliphatic hydroxyl groups is 1. The topological polar surface area (TPSA) is 26.7 Å². The van der Waals surface area contributed by atoms with Gasteiger partial charge in [0.25, 0.3) is 0 Å². The van der Waals surface area contributed by atoms with Crippen LogP contribution in [-0.4, -0.2) is 66.9 Å². The Kier molecular flexibility index (Phi) is 9.25. The van der Waals surface area contributed by atoms with E-state index >= 15 is 0 Å². The molecule has 5 heteroatoms. The van der Waals surface area contributed by atoms with Crippen LogP contribution in [0.4, 0.5) is 0 Å². The molecule has 0 aromatic heterocycles. The lowest BCUT2D eigenvalue weighted by molar-refractivity contribution is -0.00000712. The van der Waals surface area contributed by atoms with Gasteiger partial charge in [0.1, 0.15) is 23.2 Å². The third-order valence-electron chi connectivity index (χ3n) is 6.22. The van der Waals surface area contributed by atoms with Crippen LogP contribution in [0.1, 0.15) is 0 Å². The van der Waals surface area contributed by atoms with Gasteiger partial charge in [-0.2, -0.15) is 0 Å². The average molecular weight is 499 g/mol. The van der Waals surface area contributed by atoms with Crippen LogP contribution in [0.3, 0.4) is 0 Å². The monoisotopic (exact) mass is 498 g/mol. The van der Waals surface area contributed by atoms with Gasteiger partial charge in [-0.05, 0) is 36.4 Å². The molecule has 3 aromatic rings. The molecule has 0 bridgehead atoms. The van der Waals surface area contributed by atoms with E-state index in [9.17, 15) is 5.11 Å². The molecule has 0 radical (unpaired) electrons. The van der Waals surface area contributed by atoms with Crippen LogP contribution in [0.5, 0.6) is 0 Å². The Labute approximate surface area is 197 Å². The molecule has 1 aliphatic heterocycles. The van der Waals surface area contributed by atoms with Gasteiger partial charge in [0.05, 0.1) is 12.8 Å². The van der Waals surface area contributed by atoms with Crippen molar-refractivity contribution in [2.75, 3.05) is 52.0 Å². The predicted octanol–water partition coefficient (Wildman–Crippen LogP) is -0.406. The van der Waals surface area contributed by atoms with Crippen LogP contribution < -0.4 is 32.9 Å². The number of benzene rings is 3. The zero-order chi connectivity index (χ0) is 20.7. The lowest BCUT2D eigenvalue weighted by atomic mass is 10.3. The molecule has 3 aromatic carbocycles. The first kappa shape index (κ1) is 24.1. The minimum Gasteiger partial charge on any atom is -1.00 e. The number of hydrogen-bond acceptors (Lipinski definition) is 3. The largest absolute Gasteiger partial charge is 1.00 e. The second-order valence-electron chi connectivity index (χ2n) is 7.95. The third-order valence-corrected chi connectivity index (χ3v) is 10.6. The fourth-order valence-electron chi connectivity index (χ4n) is 4.55. The summed E-state index contributed by atoms with van der Waals surface area (Å²) in [4.78, 5) is 4.97. The van der Waals surface area contributed by atoms with E-state index in [2.05, 4.69) is 101 Å². The molecule has 164 valence electrons. The Hall–Kier alpha value is -1.55. The van der Waals surface area contributed by atoms with Crippen LogP contribution in [0.15, 0.2) is 91.0 Å². The zero-order valence-corrected chi connectivity index (χ0v) is 20.5. The summed E-state index contributed by atoms with van der Waals surface area (Å²) in [6.07, 6.45) is 1.14. The van der Waals surface area contributed by atoms with Crippen molar-refractivity contribution >= 4 is 23.2 Å². The number of β-amino-alcohol motifs (C(OH)–C–C–N with tert-alkyl or cyclic N) is 1. The van der Waals surface area contributed by atoms with Gasteiger partial charge >= 0.3 is 0 Å². The van der Waals surface area contributed by atoms with E-state index in [1.54, 1.807) is 0 Å². The number of piperazine rings is 1. The molecule has 0 atom stereocenters. The van der Waals surface area contributed by atoms with E-state index in [4.69, 9.17) is 0 Å². The van der Waals surface area contributed by atoms with E-state index in [0.717, 1.165) is 45.4 Å². The second-order valence-corrected chi connectivity index (χ2v) is 11.6. The minimum atomic E-state index is -1.74. The summed E-state index contributed by atoms with van der Waals surface area (Å²) in [5.41, 5.74) is 0. The Morgan fingerprint density at radius 2 is 0.935 bits per heavy atom. The van der Waals surface area contributed by atoms with E-state index in [0.29, 0.717) is 0 Å². The highest BCUT2D eigenvalue weighted by Crippen LogP contribution is 2.55. The Bertz CT molecular complexity index is 790. The van der Waals surface area contributed by atoms with Crippen LogP contribution in [0.25, 0.3) is 0 Å². The molecule has 1 N–H and O–H groups in total. The van der Waals surface area contributed by atoms with Gasteiger partial charge in [0.15, 0.2) is 0 Å². The fraction of sp³-hybridized carbons (Fsp3) is 0.308. The molecule has 3 nitrogen and oxygen atoms in total. The molecule has 0 saturated carbocycles. The number of halogens is 1. The average Bonchev–Trinajstić information content (AvgIpc) is 2.83. The van der Waals surface area contributed by atoms with Crippen LogP contribution in [-0.2, 0) is 0 Å². The lowest BCUT2D eigenvalue weighted by Gasteiger charge is -2.36. The fourth-order valence-corrected chi connectivity index (χ4v) is 8.85. The van der Waals surface area contributed by atoms with Crippen molar-refractivity contribution in [3.63, 3.8) is 0 Å². The Morgan fingerprint density at radius 3 is 1.29 bits per heavy atom. The van der Waals surface area contributed by atoms with Crippen molar-refractivity contribution in [1.29, 1.82) is 0 Å². The molecule has 0 amide bonds. The molecule has 1 saturated heterocycles. The lowest BCUT2D eigenvalue weighted by Crippen LogP contribution is -3.00. The van der Waals surface area contributed by atoms with Gasteiger partial charge < -0.3 is 22.1 Å². The normalized spacial score (nSPS) is 15.4. The number of aliphatic hydroxyl groups excluding tert-OH is 1. The molecule has 4 rings (SSSR count). The molecule has 0 spiro atoms. The van der Waals surface area contributed by atoms with Gasteiger partial charge in [-0.25, -0.2) is 0 Å². The van der Waals surface area contributed by atoms with Crippen molar-refractivity contribution in [2.45, 2.75) is 0 Å². The molecule has 0 unspecified atom stereocenters. The van der Waals surface area contributed by atoms with E-state index in [1.807, 2.05) is 0 Å². The summed E-state index contributed by atoms with van der Waals surface area (Å²) in [7, 11) is -1.74. The summed E-state index contributed by atoms with van der Waals surface area (Å²) in [5.74, 6) is 0. The molecule has 0 aliphatic carbocycles. The van der Waals surface area contributed by atoms with Crippen LogP contribution >= 0.6 is 7.26 Å². The zero-order valence-electron chi connectivity index (χ0n) is 18.0. The maximum Gasteiger partial charge on any atom is 0.113 e. The summed E-state index contributed by atoms with van der Waals surface area (Å²) >= 11 is 0. The minimum absolute atomic E-state index is 0. The SMILES string of the molecule is OCCN1CCN(CC[P+](c2ccccc2)(c2ccccc2)c2ccccc2)CC1.[Br-]. The third kappa shape index (κ3) is 5.63. The highest BCUT2D eigenvalue weighted by atomic mass is 79.9.